The van der Waals surface area contributed by atoms with Gasteiger partial charge in [-0.15, -0.1) is 9.62 Å². The minimum Gasteiger partial charge on any atom is -0.198 e. The lowest BCUT2D eigenvalue weighted by Gasteiger charge is -2.46. The fourth-order valence-electron chi connectivity index (χ4n) is 5.08. The van der Waals surface area contributed by atoms with E-state index in [1.54, 1.807) is 12.1 Å². The molecule has 35 heavy (non-hydrogen) atoms. The minimum absolute atomic E-state index is 0.102. The van der Waals surface area contributed by atoms with Crippen LogP contribution in [0.3, 0.4) is 0 Å². The van der Waals surface area contributed by atoms with Gasteiger partial charge in [0.25, 0.3) is 10.0 Å². The van der Waals surface area contributed by atoms with E-state index in [0.29, 0.717) is 11.4 Å². The van der Waals surface area contributed by atoms with Crippen LogP contribution in [-0.4, -0.2) is 29.7 Å². The van der Waals surface area contributed by atoms with Gasteiger partial charge in [0.05, 0.1) is 16.6 Å². The molecule has 1 fully saturated rings. The largest absolute Gasteiger partial charge is 0.293 e. The van der Waals surface area contributed by atoms with E-state index in [9.17, 15) is 8.42 Å². The third-order valence-corrected chi connectivity index (χ3v) is 8.77. The molecule has 0 N–H and O–H groups in total. The maximum atomic E-state index is 14.1. The highest BCUT2D eigenvalue weighted by atomic mass is 35.5. The van der Waals surface area contributed by atoms with Gasteiger partial charge in [0, 0.05) is 17.5 Å². The average molecular weight is 508 g/mol. The van der Waals surface area contributed by atoms with Gasteiger partial charge in [-0.1, -0.05) is 91.0 Å². The van der Waals surface area contributed by atoms with E-state index in [4.69, 9.17) is 16.7 Å². The zero-order chi connectivity index (χ0) is 24.4. The first-order valence-electron chi connectivity index (χ1n) is 12.2. The van der Waals surface area contributed by atoms with Gasteiger partial charge in [-0.25, -0.2) is 0 Å². The normalized spacial score (nSPS) is 20.0. The number of sulfonamides is 1. The van der Waals surface area contributed by atoms with Gasteiger partial charge in [-0.05, 0) is 55.2 Å². The summed E-state index contributed by atoms with van der Waals surface area (Å²) >= 11 is 6.14. The molecule has 3 aromatic carbocycles. The van der Waals surface area contributed by atoms with Crippen molar-refractivity contribution in [3.05, 3.63) is 101 Å². The maximum absolute atomic E-state index is 14.1. The van der Waals surface area contributed by atoms with Crippen molar-refractivity contribution in [2.75, 3.05) is 0 Å². The summed E-state index contributed by atoms with van der Waals surface area (Å²) in [7, 11) is -3.92. The predicted molar refractivity (Wildman–Crippen MR) is 141 cm³/mol. The minimum atomic E-state index is -3.92. The van der Waals surface area contributed by atoms with E-state index in [1.165, 1.54) is 10.9 Å². The second-order valence-corrected chi connectivity index (χ2v) is 11.6. The van der Waals surface area contributed by atoms with Crippen LogP contribution in [0.25, 0.3) is 0 Å². The number of halogens is 1. The highest BCUT2D eigenvalue weighted by Gasteiger charge is 2.43. The summed E-state index contributed by atoms with van der Waals surface area (Å²) in [5, 5.41) is 7.51. The van der Waals surface area contributed by atoms with Crippen LogP contribution in [0.1, 0.15) is 61.3 Å². The highest BCUT2D eigenvalue weighted by Crippen LogP contribution is 2.40. The standard InChI is InChI=1S/C28H30ClN3O2S/c1-21-12-18-26(19-13-21)35(33,34)32-30-27(22-14-16-24(29)17-15-22)20-28(23-8-4-2-5-9-23)31(32)25-10-6-3-7-11-25/h2,4-5,8-9,12-19,25,28H,3,6-7,10-11,20H2,1H3. The number of hydrogen-bond donors (Lipinski definition) is 0. The summed E-state index contributed by atoms with van der Waals surface area (Å²) in [6, 6.07) is 24.6. The monoisotopic (exact) mass is 507 g/mol. The van der Waals surface area contributed by atoms with Crippen molar-refractivity contribution >= 4 is 27.3 Å². The van der Waals surface area contributed by atoms with E-state index in [0.717, 1.165) is 48.1 Å². The fourth-order valence-corrected chi connectivity index (χ4v) is 6.57. The Kier molecular flexibility index (Phi) is 6.96. The molecule has 1 unspecified atom stereocenters. The Balaban J connectivity index is 1.68. The van der Waals surface area contributed by atoms with E-state index in [-0.39, 0.29) is 17.0 Å². The van der Waals surface area contributed by atoms with Crippen LogP contribution < -0.4 is 0 Å². The molecule has 1 heterocycles. The van der Waals surface area contributed by atoms with Crippen molar-refractivity contribution in [2.24, 2.45) is 5.10 Å². The summed E-state index contributed by atoms with van der Waals surface area (Å²) in [6.07, 6.45) is 5.89. The molecular weight excluding hydrogens is 478 g/mol. The van der Waals surface area contributed by atoms with E-state index in [2.05, 4.69) is 12.1 Å². The Labute approximate surface area is 213 Å². The Morgan fingerprint density at radius 3 is 2.17 bits per heavy atom. The summed E-state index contributed by atoms with van der Waals surface area (Å²) in [6.45, 7) is 1.95. The quantitative estimate of drug-likeness (QED) is 0.384. The van der Waals surface area contributed by atoms with Gasteiger partial charge in [-0.2, -0.15) is 13.4 Å². The van der Waals surface area contributed by atoms with Crippen LogP contribution in [-0.2, 0) is 10.0 Å². The third kappa shape index (κ3) is 5.01. The molecule has 1 aliphatic heterocycles. The second-order valence-electron chi connectivity index (χ2n) is 9.40. The summed E-state index contributed by atoms with van der Waals surface area (Å²) in [5.41, 5.74) is 3.71. The lowest BCUT2D eigenvalue weighted by molar-refractivity contribution is -0.0492. The molecule has 0 radical (unpaired) electrons. The Bertz CT molecular complexity index is 1290. The van der Waals surface area contributed by atoms with Gasteiger partial charge in [0.1, 0.15) is 0 Å². The molecule has 7 heteroatoms. The lowest BCUT2D eigenvalue weighted by atomic mass is 9.90. The Hall–Kier alpha value is -2.67. The van der Waals surface area contributed by atoms with Gasteiger partial charge in [0.2, 0.25) is 0 Å². The maximum Gasteiger partial charge on any atom is 0.293 e. The summed E-state index contributed by atoms with van der Waals surface area (Å²) in [4.78, 5) is 0.247. The fraction of sp³-hybridized carbons (Fsp3) is 0.321. The molecule has 5 nitrogen and oxygen atoms in total. The number of aryl methyl sites for hydroxylation is 1. The third-order valence-electron chi connectivity index (χ3n) is 6.95. The number of hydrazone groups is 1. The van der Waals surface area contributed by atoms with Crippen LogP contribution >= 0.6 is 11.6 Å². The molecule has 1 aliphatic carbocycles. The molecule has 1 atom stereocenters. The van der Waals surface area contributed by atoms with Gasteiger partial charge < -0.3 is 0 Å². The van der Waals surface area contributed by atoms with Crippen LogP contribution in [0.5, 0.6) is 0 Å². The molecule has 182 valence electrons. The first-order valence-corrected chi connectivity index (χ1v) is 14.0. The molecule has 0 bridgehead atoms. The Morgan fingerprint density at radius 2 is 1.51 bits per heavy atom. The van der Waals surface area contributed by atoms with Crippen molar-refractivity contribution in [3.63, 3.8) is 0 Å². The predicted octanol–water partition coefficient (Wildman–Crippen LogP) is 6.74. The summed E-state index contributed by atoms with van der Waals surface area (Å²) in [5.74, 6) is 0. The van der Waals surface area contributed by atoms with Gasteiger partial charge >= 0.3 is 0 Å². The van der Waals surface area contributed by atoms with E-state index >= 15 is 0 Å². The molecule has 2 aliphatic rings. The van der Waals surface area contributed by atoms with E-state index in [1.807, 2.05) is 66.5 Å². The average Bonchev–Trinajstić information content (AvgIpc) is 2.89. The summed E-state index contributed by atoms with van der Waals surface area (Å²) < 4.78 is 29.5. The molecule has 0 aromatic heterocycles. The first kappa shape index (κ1) is 24.0. The van der Waals surface area contributed by atoms with Gasteiger partial charge in [-0.3, -0.25) is 0 Å². The van der Waals surface area contributed by atoms with Crippen LogP contribution in [0, 0.1) is 6.92 Å². The highest BCUT2D eigenvalue weighted by molar-refractivity contribution is 7.89. The molecule has 0 amide bonds. The number of rotatable bonds is 5. The second kappa shape index (κ2) is 10.1. The SMILES string of the molecule is Cc1ccc(S(=O)(=O)N2N=C(c3ccc(Cl)cc3)CC(c3ccccc3)N2C2CCCCC2)cc1. The van der Waals surface area contributed by atoms with Crippen LogP contribution in [0.15, 0.2) is 88.9 Å². The molecule has 0 spiro atoms. The van der Waals surface area contributed by atoms with Crippen LogP contribution in [0.2, 0.25) is 5.02 Å². The molecule has 0 saturated heterocycles. The number of hydrogen-bond acceptors (Lipinski definition) is 4. The topological polar surface area (TPSA) is 53.0 Å². The number of benzene rings is 3. The smallest absolute Gasteiger partial charge is 0.198 e. The lowest BCUT2D eigenvalue weighted by Crippen LogP contribution is -2.54. The zero-order valence-electron chi connectivity index (χ0n) is 19.8. The Morgan fingerprint density at radius 1 is 0.857 bits per heavy atom. The molecular formula is C28H30ClN3O2S. The molecule has 5 rings (SSSR count). The van der Waals surface area contributed by atoms with Crippen molar-refractivity contribution in [3.8, 4) is 0 Å². The van der Waals surface area contributed by atoms with Gasteiger partial charge in [0.15, 0.2) is 0 Å². The number of nitrogens with zero attached hydrogens (tertiary/aromatic N) is 3. The van der Waals surface area contributed by atoms with Crippen LogP contribution in [0.4, 0.5) is 0 Å². The van der Waals surface area contributed by atoms with Crippen molar-refractivity contribution in [2.45, 2.75) is 62.4 Å². The number of hydrazine groups is 1. The van der Waals surface area contributed by atoms with Crippen molar-refractivity contribution in [1.29, 1.82) is 0 Å². The zero-order valence-corrected chi connectivity index (χ0v) is 21.4. The van der Waals surface area contributed by atoms with Crippen molar-refractivity contribution in [1.82, 2.24) is 9.53 Å². The first-order chi connectivity index (χ1) is 16.9. The molecule has 3 aromatic rings. The van der Waals surface area contributed by atoms with Crippen molar-refractivity contribution < 1.29 is 8.42 Å². The van der Waals surface area contributed by atoms with E-state index < -0.39 is 10.0 Å². The molecule has 1 saturated carbocycles.